The van der Waals surface area contributed by atoms with E-state index in [1.165, 1.54) is 11.8 Å². The van der Waals surface area contributed by atoms with Crippen molar-refractivity contribution in [3.63, 3.8) is 0 Å². The van der Waals surface area contributed by atoms with Crippen LogP contribution in [0.15, 0.2) is 0 Å². The van der Waals surface area contributed by atoms with Gasteiger partial charge in [-0.3, -0.25) is 4.90 Å². The fourth-order valence-corrected chi connectivity index (χ4v) is 2.63. The van der Waals surface area contributed by atoms with Crippen LogP contribution in [0.5, 0.6) is 0 Å². The summed E-state index contributed by atoms with van der Waals surface area (Å²) in [5, 5.41) is 0. The molecule has 1 heterocycles. The van der Waals surface area contributed by atoms with Crippen LogP contribution in [0.1, 0.15) is 33.6 Å². The van der Waals surface area contributed by atoms with E-state index in [0.717, 1.165) is 12.8 Å². The molecule has 0 saturated carbocycles. The van der Waals surface area contributed by atoms with Gasteiger partial charge in [0.15, 0.2) is 0 Å². The number of likely N-dealkylation sites (tertiary alicyclic amines) is 1. The van der Waals surface area contributed by atoms with Gasteiger partial charge in [-0.1, -0.05) is 6.92 Å². The monoisotopic (exact) mass is 238 g/mol. The summed E-state index contributed by atoms with van der Waals surface area (Å²) < 4.78 is 38.7. The third-order valence-electron chi connectivity index (χ3n) is 3.38. The Morgan fingerprint density at radius 2 is 1.88 bits per heavy atom. The Bertz CT molecular complexity index is 228. The molecule has 0 aromatic heterocycles. The first kappa shape index (κ1) is 13.8. The third kappa shape index (κ3) is 3.10. The van der Waals surface area contributed by atoms with Crippen molar-refractivity contribution in [2.45, 2.75) is 57.9 Å². The SMILES string of the molecule is CC1CCN(C(C(C)N)C(F)(F)F)C(C)C1. The van der Waals surface area contributed by atoms with E-state index in [9.17, 15) is 13.2 Å². The fraction of sp³-hybridized carbons (Fsp3) is 1.00. The van der Waals surface area contributed by atoms with Gasteiger partial charge in [0, 0.05) is 12.1 Å². The van der Waals surface area contributed by atoms with Gasteiger partial charge in [0.25, 0.3) is 0 Å². The van der Waals surface area contributed by atoms with Crippen LogP contribution in [0.3, 0.4) is 0 Å². The average Bonchev–Trinajstić information content (AvgIpc) is 2.06. The molecule has 1 fully saturated rings. The zero-order chi connectivity index (χ0) is 12.5. The topological polar surface area (TPSA) is 29.3 Å². The summed E-state index contributed by atoms with van der Waals surface area (Å²) in [5.74, 6) is 0.508. The first-order valence-electron chi connectivity index (χ1n) is 5.81. The molecule has 4 unspecified atom stereocenters. The average molecular weight is 238 g/mol. The highest BCUT2D eigenvalue weighted by Crippen LogP contribution is 2.32. The van der Waals surface area contributed by atoms with Gasteiger partial charge in [-0.15, -0.1) is 0 Å². The van der Waals surface area contributed by atoms with E-state index in [-0.39, 0.29) is 6.04 Å². The molecule has 1 rings (SSSR count). The Morgan fingerprint density at radius 1 is 1.31 bits per heavy atom. The van der Waals surface area contributed by atoms with E-state index in [4.69, 9.17) is 5.73 Å². The normalized spacial score (nSPS) is 32.4. The van der Waals surface area contributed by atoms with Crippen molar-refractivity contribution in [2.75, 3.05) is 6.54 Å². The number of nitrogens with zero attached hydrogens (tertiary/aromatic N) is 1. The molecular weight excluding hydrogens is 217 g/mol. The molecule has 2 N–H and O–H groups in total. The van der Waals surface area contributed by atoms with Gasteiger partial charge in [0.05, 0.1) is 0 Å². The van der Waals surface area contributed by atoms with Gasteiger partial charge in [0.2, 0.25) is 0 Å². The Kier molecular flexibility index (Phi) is 4.23. The molecular formula is C11H21F3N2. The number of hydrogen-bond donors (Lipinski definition) is 1. The number of rotatable bonds is 2. The summed E-state index contributed by atoms with van der Waals surface area (Å²) >= 11 is 0. The smallest absolute Gasteiger partial charge is 0.326 e. The molecule has 16 heavy (non-hydrogen) atoms. The lowest BCUT2D eigenvalue weighted by atomic mass is 9.91. The van der Waals surface area contributed by atoms with Gasteiger partial charge >= 0.3 is 6.18 Å². The molecule has 0 spiro atoms. The summed E-state index contributed by atoms with van der Waals surface area (Å²) in [6.07, 6.45) is -2.59. The summed E-state index contributed by atoms with van der Waals surface area (Å²) in [7, 11) is 0. The number of nitrogens with two attached hydrogens (primary N) is 1. The van der Waals surface area contributed by atoms with Gasteiger partial charge in [-0.25, -0.2) is 0 Å². The Hall–Kier alpha value is -0.290. The molecule has 1 saturated heterocycles. The molecule has 0 amide bonds. The van der Waals surface area contributed by atoms with E-state index in [0.29, 0.717) is 12.5 Å². The summed E-state index contributed by atoms with van der Waals surface area (Å²) in [5.41, 5.74) is 5.49. The van der Waals surface area contributed by atoms with Crippen LogP contribution >= 0.6 is 0 Å². The highest BCUT2D eigenvalue weighted by Gasteiger charge is 2.47. The first-order chi connectivity index (χ1) is 7.23. The van der Waals surface area contributed by atoms with Crippen LogP contribution in [-0.4, -0.2) is 35.7 Å². The van der Waals surface area contributed by atoms with Gasteiger partial charge in [-0.2, -0.15) is 13.2 Å². The molecule has 5 heteroatoms. The van der Waals surface area contributed by atoms with Crippen LogP contribution < -0.4 is 5.73 Å². The maximum atomic E-state index is 12.9. The minimum atomic E-state index is -4.23. The Balaban J connectivity index is 2.79. The van der Waals surface area contributed by atoms with Gasteiger partial charge in [-0.05, 0) is 39.2 Å². The molecule has 0 bridgehead atoms. The minimum absolute atomic E-state index is 0.0404. The van der Waals surface area contributed by atoms with Crippen molar-refractivity contribution >= 4 is 0 Å². The summed E-state index contributed by atoms with van der Waals surface area (Å²) in [6.45, 7) is 5.87. The van der Waals surface area contributed by atoms with E-state index < -0.39 is 18.3 Å². The van der Waals surface area contributed by atoms with Crippen LogP contribution in [0.4, 0.5) is 13.2 Å². The third-order valence-corrected chi connectivity index (χ3v) is 3.38. The molecule has 0 aliphatic carbocycles. The molecule has 1 aliphatic rings. The molecule has 0 aromatic carbocycles. The maximum Gasteiger partial charge on any atom is 0.405 e. The van der Waals surface area contributed by atoms with Crippen LogP contribution in [-0.2, 0) is 0 Å². The lowest BCUT2D eigenvalue weighted by Crippen LogP contribution is -2.59. The van der Waals surface area contributed by atoms with Crippen LogP contribution in [0, 0.1) is 5.92 Å². The Morgan fingerprint density at radius 3 is 2.25 bits per heavy atom. The number of hydrogen-bond acceptors (Lipinski definition) is 2. The van der Waals surface area contributed by atoms with Gasteiger partial charge in [0.1, 0.15) is 6.04 Å². The zero-order valence-electron chi connectivity index (χ0n) is 10.1. The second-order valence-electron chi connectivity index (χ2n) is 5.06. The largest absolute Gasteiger partial charge is 0.405 e. The van der Waals surface area contributed by atoms with Gasteiger partial charge < -0.3 is 5.73 Å². The highest BCUT2D eigenvalue weighted by atomic mass is 19.4. The first-order valence-corrected chi connectivity index (χ1v) is 5.81. The lowest BCUT2D eigenvalue weighted by Gasteiger charge is -2.43. The molecule has 2 nitrogen and oxygen atoms in total. The summed E-state index contributed by atoms with van der Waals surface area (Å²) in [4.78, 5) is 1.52. The molecule has 0 aromatic rings. The quantitative estimate of drug-likeness (QED) is 0.800. The minimum Gasteiger partial charge on any atom is -0.326 e. The van der Waals surface area contributed by atoms with Crippen molar-refractivity contribution in [2.24, 2.45) is 11.7 Å². The molecule has 4 atom stereocenters. The molecule has 0 radical (unpaired) electrons. The Labute approximate surface area is 95.0 Å². The van der Waals surface area contributed by atoms with Crippen molar-refractivity contribution in [3.8, 4) is 0 Å². The predicted octanol–water partition coefficient (Wildman–Crippen LogP) is 2.38. The second kappa shape index (κ2) is 4.92. The van der Waals surface area contributed by atoms with E-state index in [1.54, 1.807) is 0 Å². The number of alkyl halides is 3. The van der Waals surface area contributed by atoms with Crippen LogP contribution in [0.2, 0.25) is 0 Å². The van der Waals surface area contributed by atoms with Crippen molar-refractivity contribution in [1.82, 2.24) is 4.90 Å². The van der Waals surface area contributed by atoms with Crippen LogP contribution in [0.25, 0.3) is 0 Å². The molecule has 96 valence electrons. The second-order valence-corrected chi connectivity index (χ2v) is 5.06. The van der Waals surface area contributed by atoms with Crippen molar-refractivity contribution in [1.29, 1.82) is 0 Å². The van der Waals surface area contributed by atoms with Crippen molar-refractivity contribution < 1.29 is 13.2 Å². The maximum absolute atomic E-state index is 12.9. The molecule has 1 aliphatic heterocycles. The fourth-order valence-electron chi connectivity index (χ4n) is 2.63. The van der Waals surface area contributed by atoms with E-state index in [2.05, 4.69) is 6.92 Å². The summed E-state index contributed by atoms with van der Waals surface area (Å²) in [6, 6.07) is -2.42. The predicted molar refractivity (Wildman–Crippen MR) is 58.1 cm³/mol. The lowest BCUT2D eigenvalue weighted by molar-refractivity contribution is -0.197. The van der Waals surface area contributed by atoms with E-state index in [1.807, 2.05) is 6.92 Å². The van der Waals surface area contributed by atoms with E-state index >= 15 is 0 Å². The zero-order valence-corrected chi connectivity index (χ0v) is 10.1. The number of piperidine rings is 1. The standard InChI is InChI=1S/C11H21F3N2/c1-7-4-5-16(8(2)6-7)10(9(3)15)11(12,13)14/h7-10H,4-6,15H2,1-3H3. The highest BCUT2D eigenvalue weighted by molar-refractivity contribution is 4.91. The van der Waals surface area contributed by atoms with Crippen molar-refractivity contribution in [3.05, 3.63) is 0 Å². The number of halogens is 3.